The van der Waals surface area contributed by atoms with Gasteiger partial charge in [-0.15, -0.1) is 0 Å². The molecule has 0 saturated heterocycles. The maximum Gasteiger partial charge on any atom is 0.349 e. The van der Waals surface area contributed by atoms with E-state index in [1.165, 1.54) is 0 Å². The monoisotopic (exact) mass is 713 g/mol. The Kier molecular flexibility index (Phi) is 7.63. The van der Waals surface area contributed by atoms with Crippen LogP contribution in [0.4, 0.5) is 0 Å². The molecule has 138 valence electrons. The van der Waals surface area contributed by atoms with E-state index >= 15 is 0 Å². The predicted molar refractivity (Wildman–Crippen MR) is 115 cm³/mol. The van der Waals surface area contributed by atoms with E-state index in [-0.39, 0.29) is 5.75 Å². The second-order valence-electron chi connectivity index (χ2n) is 4.70. The smallest absolute Gasteiger partial charge is 0.349 e. The molecule has 0 amide bonds. The van der Waals surface area contributed by atoms with Gasteiger partial charge in [0.25, 0.3) is 0 Å². The Bertz CT molecular complexity index is 956. The molecule has 0 aliphatic carbocycles. The van der Waals surface area contributed by atoms with Gasteiger partial charge in [0.1, 0.15) is 15.9 Å². The van der Waals surface area contributed by atoms with E-state index in [9.17, 15) is 22.6 Å². The van der Waals surface area contributed by atoms with Crippen molar-refractivity contribution in [3.05, 3.63) is 52.7 Å². The van der Waals surface area contributed by atoms with Crippen LogP contribution in [-0.4, -0.2) is 31.5 Å². The molecular formula is C15H8I3O7S-. The summed E-state index contributed by atoms with van der Waals surface area (Å²) in [6, 6.07) is 7.75. The van der Waals surface area contributed by atoms with E-state index in [0.29, 0.717) is 5.56 Å². The van der Waals surface area contributed by atoms with Crippen LogP contribution in [0.15, 0.2) is 41.3 Å². The first-order valence-electron chi connectivity index (χ1n) is 6.67. The number of hydrogen-bond acceptors (Lipinski definition) is 7. The van der Waals surface area contributed by atoms with E-state index in [2.05, 4.69) is 45.2 Å². The third kappa shape index (κ3) is 5.74. The molecule has 7 nitrogen and oxygen atoms in total. The van der Waals surface area contributed by atoms with Crippen LogP contribution in [0.25, 0.3) is 0 Å². The van der Waals surface area contributed by atoms with E-state index in [0.717, 1.165) is 35.0 Å². The lowest BCUT2D eigenvalue weighted by atomic mass is 10.2. The topological polar surface area (TPSA) is 110 Å². The molecule has 2 aromatic rings. The summed E-state index contributed by atoms with van der Waals surface area (Å²) in [6.07, 6.45) is 0. The summed E-state index contributed by atoms with van der Waals surface area (Å²) < 4.78 is 45.0. The summed E-state index contributed by atoms with van der Waals surface area (Å²) in [5.41, 5.74) is 0.341. The second-order valence-corrected chi connectivity index (χ2v) is 9.40. The summed E-state index contributed by atoms with van der Waals surface area (Å²) in [5, 5.41) is 0. The van der Waals surface area contributed by atoms with Crippen molar-refractivity contribution in [3.63, 3.8) is 0 Å². The Morgan fingerprint density at radius 3 is 2.15 bits per heavy atom. The van der Waals surface area contributed by atoms with Gasteiger partial charge in [0.2, 0.25) is 0 Å². The predicted octanol–water partition coefficient (Wildman–Crippen LogP) is 3.17. The van der Waals surface area contributed by atoms with Crippen molar-refractivity contribution in [1.29, 1.82) is 0 Å². The summed E-state index contributed by atoms with van der Waals surface area (Å²) in [7, 11) is -4.57. The van der Waals surface area contributed by atoms with Gasteiger partial charge >= 0.3 is 11.9 Å². The van der Waals surface area contributed by atoms with Gasteiger partial charge in [-0.2, -0.15) is 0 Å². The number of benzene rings is 2. The van der Waals surface area contributed by atoms with E-state index in [4.69, 9.17) is 9.47 Å². The minimum atomic E-state index is -4.57. The van der Waals surface area contributed by atoms with Crippen molar-refractivity contribution in [2.24, 2.45) is 0 Å². The lowest BCUT2D eigenvalue weighted by Crippen LogP contribution is -2.19. The average Bonchev–Trinajstić information content (AvgIpc) is 2.57. The Morgan fingerprint density at radius 2 is 1.58 bits per heavy atom. The van der Waals surface area contributed by atoms with Crippen molar-refractivity contribution < 1.29 is 32.0 Å². The largest absolute Gasteiger partial charge is 0.744 e. The highest BCUT2D eigenvalue weighted by Crippen LogP contribution is 2.25. The average molecular weight is 713 g/mol. The summed E-state index contributed by atoms with van der Waals surface area (Å²) >= 11 is 6.29. The first-order chi connectivity index (χ1) is 12.1. The normalized spacial score (nSPS) is 11.1. The van der Waals surface area contributed by atoms with Gasteiger partial charge in [-0.1, -0.05) is 0 Å². The van der Waals surface area contributed by atoms with Crippen LogP contribution >= 0.6 is 67.8 Å². The van der Waals surface area contributed by atoms with Crippen LogP contribution in [0.1, 0.15) is 10.4 Å². The van der Waals surface area contributed by atoms with Crippen molar-refractivity contribution in [2.75, 3.05) is 6.61 Å². The fourth-order valence-corrected chi connectivity index (χ4v) is 4.32. The van der Waals surface area contributed by atoms with Crippen LogP contribution in [0.2, 0.25) is 0 Å². The molecule has 0 spiro atoms. The van der Waals surface area contributed by atoms with Crippen molar-refractivity contribution in [2.45, 2.75) is 4.90 Å². The molecule has 0 N–H and O–H groups in total. The first-order valence-corrected chi connectivity index (χ1v) is 11.3. The zero-order valence-electron chi connectivity index (χ0n) is 12.6. The number of halogens is 3. The molecule has 0 heterocycles. The van der Waals surface area contributed by atoms with Gasteiger partial charge < -0.3 is 14.0 Å². The number of carbonyl (C=O) groups excluding carboxylic acids is 2. The van der Waals surface area contributed by atoms with E-state index < -0.39 is 33.6 Å². The number of ether oxygens (including phenoxy) is 2. The van der Waals surface area contributed by atoms with Gasteiger partial charge in [-0.25, -0.2) is 18.0 Å². The fourth-order valence-electron chi connectivity index (χ4n) is 1.72. The molecule has 2 aromatic carbocycles. The Labute approximate surface area is 190 Å². The van der Waals surface area contributed by atoms with Gasteiger partial charge in [-0.05, 0) is 104 Å². The third-order valence-corrected chi connectivity index (χ3v) is 8.97. The highest BCUT2D eigenvalue weighted by atomic mass is 127. The second kappa shape index (κ2) is 9.11. The Hall–Kier alpha value is -0.520. The standard InChI is InChI=1S/C15H9I3O7S/c16-11-6-5-10(13(17)14(11)18)15(20)24-7-12(19)25-8-1-3-9(4-2-8)26(21,22)23/h1-6H,7H2,(H,21,22,23)/p-1. The quantitative estimate of drug-likeness (QED) is 0.154. The molecule has 0 unspecified atom stereocenters. The minimum Gasteiger partial charge on any atom is -0.744 e. The molecule has 0 aliphatic rings. The van der Waals surface area contributed by atoms with Crippen molar-refractivity contribution >= 4 is 89.8 Å². The first kappa shape index (κ1) is 21.8. The van der Waals surface area contributed by atoms with Crippen LogP contribution in [0.3, 0.4) is 0 Å². The molecule has 2 rings (SSSR count). The van der Waals surface area contributed by atoms with E-state index in [1.807, 2.05) is 22.6 Å². The number of esters is 2. The molecule has 0 bridgehead atoms. The molecule has 0 radical (unpaired) electrons. The zero-order chi connectivity index (χ0) is 19.5. The number of carbonyl (C=O) groups is 2. The van der Waals surface area contributed by atoms with Gasteiger partial charge in [0.05, 0.1) is 10.5 Å². The Morgan fingerprint density at radius 1 is 0.962 bits per heavy atom. The molecular weight excluding hydrogens is 705 g/mol. The van der Waals surface area contributed by atoms with E-state index in [1.54, 1.807) is 12.1 Å². The lowest BCUT2D eigenvalue weighted by molar-refractivity contribution is -0.137. The maximum atomic E-state index is 12.1. The third-order valence-electron chi connectivity index (χ3n) is 2.92. The van der Waals surface area contributed by atoms with Crippen LogP contribution in [0.5, 0.6) is 5.75 Å². The van der Waals surface area contributed by atoms with Gasteiger partial charge in [0, 0.05) is 10.7 Å². The fraction of sp³-hybridized carbons (Fsp3) is 0.0667. The zero-order valence-corrected chi connectivity index (χ0v) is 19.9. The minimum absolute atomic E-state index is 0.0249. The summed E-state index contributed by atoms with van der Waals surface area (Å²) in [6.45, 7) is -0.612. The van der Waals surface area contributed by atoms with Gasteiger partial charge in [-0.3, -0.25) is 0 Å². The lowest BCUT2D eigenvalue weighted by Gasteiger charge is -2.10. The number of hydrogen-bond donors (Lipinski definition) is 0. The Balaban J connectivity index is 1.97. The van der Waals surface area contributed by atoms with Gasteiger partial charge in [0.15, 0.2) is 6.61 Å². The number of rotatable bonds is 5. The summed E-state index contributed by atoms with van der Waals surface area (Å²) in [5.74, 6) is -1.48. The molecule has 0 atom stereocenters. The van der Waals surface area contributed by atoms with Crippen molar-refractivity contribution in [3.8, 4) is 5.75 Å². The van der Waals surface area contributed by atoms with Crippen LogP contribution in [-0.2, 0) is 19.6 Å². The van der Waals surface area contributed by atoms with Crippen LogP contribution < -0.4 is 4.74 Å². The molecule has 26 heavy (non-hydrogen) atoms. The molecule has 0 saturated carbocycles. The summed E-state index contributed by atoms with van der Waals surface area (Å²) in [4.78, 5) is 23.4. The van der Waals surface area contributed by atoms with Crippen LogP contribution in [0, 0.1) is 10.7 Å². The highest BCUT2D eigenvalue weighted by Gasteiger charge is 2.17. The highest BCUT2D eigenvalue weighted by molar-refractivity contribution is 14.1. The molecule has 0 aromatic heterocycles. The molecule has 0 aliphatic heterocycles. The molecule has 0 fully saturated rings. The van der Waals surface area contributed by atoms with Crippen molar-refractivity contribution in [1.82, 2.24) is 0 Å². The maximum absolute atomic E-state index is 12.1. The SMILES string of the molecule is O=C(COC(=O)c1ccc(I)c(I)c1I)Oc1ccc(S(=O)(=O)[O-])cc1. The molecule has 11 heteroatoms.